The molecule has 1 saturated heterocycles. The van der Waals surface area contributed by atoms with Crippen LogP contribution >= 0.6 is 27.7 Å². The van der Waals surface area contributed by atoms with Crippen LogP contribution < -0.4 is 10.6 Å². The van der Waals surface area contributed by atoms with Gasteiger partial charge in [-0.2, -0.15) is 0 Å². The highest BCUT2D eigenvalue weighted by Gasteiger charge is 2.22. The van der Waals surface area contributed by atoms with Crippen LogP contribution in [0.15, 0.2) is 33.6 Å². The predicted octanol–water partition coefficient (Wildman–Crippen LogP) is 2.66. The van der Waals surface area contributed by atoms with E-state index in [9.17, 15) is 4.79 Å². The Morgan fingerprint density at radius 3 is 2.89 bits per heavy atom. The molecule has 2 N–H and O–H groups in total. The van der Waals surface area contributed by atoms with E-state index in [4.69, 9.17) is 0 Å². The molecule has 0 radical (unpaired) electrons. The third kappa shape index (κ3) is 4.82. The zero-order valence-corrected chi connectivity index (χ0v) is 13.4. The van der Waals surface area contributed by atoms with Crippen molar-refractivity contribution >= 4 is 33.6 Å². The summed E-state index contributed by atoms with van der Waals surface area (Å²) < 4.78 is 1.09. The average Bonchev–Trinajstić information content (AvgIpc) is 2.93. The summed E-state index contributed by atoms with van der Waals surface area (Å²) in [4.78, 5) is 13.1. The summed E-state index contributed by atoms with van der Waals surface area (Å²) in [6, 6.07) is 8.26. The highest BCUT2D eigenvalue weighted by atomic mass is 79.9. The van der Waals surface area contributed by atoms with Crippen molar-refractivity contribution in [1.82, 2.24) is 10.6 Å². The van der Waals surface area contributed by atoms with Crippen LogP contribution in [0, 0.1) is 5.92 Å². The quantitative estimate of drug-likeness (QED) is 0.808. The Kier molecular flexibility index (Phi) is 5.73. The van der Waals surface area contributed by atoms with Crippen molar-refractivity contribution in [1.29, 1.82) is 0 Å². The Labute approximate surface area is 127 Å². The summed E-state index contributed by atoms with van der Waals surface area (Å²) in [5, 5.41) is 6.64. The van der Waals surface area contributed by atoms with Gasteiger partial charge in [-0.25, -0.2) is 0 Å². The van der Waals surface area contributed by atoms with Crippen LogP contribution in [0.25, 0.3) is 0 Å². The molecule has 1 heterocycles. The van der Waals surface area contributed by atoms with E-state index in [1.807, 2.05) is 12.1 Å². The molecule has 0 saturated carbocycles. The lowest BCUT2D eigenvalue weighted by Crippen LogP contribution is -2.35. The monoisotopic (exact) mass is 342 g/mol. The average molecular weight is 343 g/mol. The summed E-state index contributed by atoms with van der Waals surface area (Å²) in [6.07, 6.45) is 0.958. The fourth-order valence-corrected chi connectivity index (χ4v) is 3.24. The first-order valence-corrected chi connectivity index (χ1v) is 8.23. The minimum absolute atomic E-state index is 0.157. The van der Waals surface area contributed by atoms with Gasteiger partial charge < -0.3 is 10.6 Å². The number of hydrogen-bond acceptors (Lipinski definition) is 3. The molecular formula is C14H19BrN2OS. The molecule has 1 aromatic rings. The van der Waals surface area contributed by atoms with Crippen LogP contribution in [0.5, 0.6) is 0 Å². The van der Waals surface area contributed by atoms with Crippen molar-refractivity contribution in [3.05, 3.63) is 28.7 Å². The summed E-state index contributed by atoms with van der Waals surface area (Å²) >= 11 is 5.21. The number of amides is 1. The Balaban J connectivity index is 1.73. The highest BCUT2D eigenvalue weighted by Crippen LogP contribution is 2.24. The number of rotatable bonds is 5. The van der Waals surface area contributed by atoms with Gasteiger partial charge in [0.25, 0.3) is 0 Å². The second-order valence-electron chi connectivity index (χ2n) is 4.82. The molecule has 0 aromatic heterocycles. The third-order valence-electron chi connectivity index (χ3n) is 3.15. The van der Waals surface area contributed by atoms with E-state index in [2.05, 4.69) is 45.6 Å². The van der Waals surface area contributed by atoms with E-state index in [0.29, 0.717) is 5.25 Å². The van der Waals surface area contributed by atoms with Gasteiger partial charge in [0, 0.05) is 27.7 Å². The number of halogens is 1. The van der Waals surface area contributed by atoms with Crippen molar-refractivity contribution in [3.63, 3.8) is 0 Å². The van der Waals surface area contributed by atoms with Crippen molar-refractivity contribution in [3.8, 4) is 0 Å². The maximum atomic E-state index is 11.9. The Morgan fingerprint density at radius 2 is 2.26 bits per heavy atom. The van der Waals surface area contributed by atoms with Crippen molar-refractivity contribution in [2.24, 2.45) is 5.92 Å². The summed E-state index contributed by atoms with van der Waals surface area (Å²) in [7, 11) is 0. The summed E-state index contributed by atoms with van der Waals surface area (Å²) in [6.45, 7) is 4.64. The molecule has 2 rings (SSSR count). The van der Waals surface area contributed by atoms with Crippen LogP contribution in [0.1, 0.15) is 13.3 Å². The van der Waals surface area contributed by atoms with Gasteiger partial charge in [-0.3, -0.25) is 4.79 Å². The number of thioether (sulfide) groups is 1. The van der Waals surface area contributed by atoms with E-state index in [0.717, 1.165) is 30.5 Å². The first kappa shape index (κ1) is 14.9. The standard InChI is InChI=1S/C14H19BrN2OS/c1-10(19-13-4-2-12(15)3-5-13)8-17-14(18)11-6-7-16-9-11/h2-5,10-11,16H,6-9H2,1H3,(H,17,18)/t10-,11-/m1/s1. The number of hydrogen-bond donors (Lipinski definition) is 2. The van der Waals surface area contributed by atoms with Crippen molar-refractivity contribution in [2.75, 3.05) is 19.6 Å². The molecule has 0 bridgehead atoms. The molecule has 1 aromatic carbocycles. The van der Waals surface area contributed by atoms with E-state index in [1.165, 1.54) is 4.90 Å². The number of carbonyl (C=O) groups excluding carboxylic acids is 1. The summed E-state index contributed by atoms with van der Waals surface area (Å²) in [5.41, 5.74) is 0. The van der Waals surface area contributed by atoms with E-state index < -0.39 is 0 Å². The van der Waals surface area contributed by atoms with Crippen LogP contribution in [-0.2, 0) is 4.79 Å². The van der Waals surface area contributed by atoms with Crippen LogP contribution in [0.2, 0.25) is 0 Å². The highest BCUT2D eigenvalue weighted by molar-refractivity contribution is 9.10. The summed E-state index contributed by atoms with van der Waals surface area (Å²) in [5.74, 6) is 0.345. The lowest BCUT2D eigenvalue weighted by atomic mass is 10.1. The molecule has 19 heavy (non-hydrogen) atoms. The molecule has 1 fully saturated rings. The van der Waals surface area contributed by atoms with Gasteiger partial charge in [0.05, 0.1) is 5.92 Å². The van der Waals surface area contributed by atoms with Gasteiger partial charge in [0.15, 0.2) is 0 Å². The molecule has 0 unspecified atom stereocenters. The Morgan fingerprint density at radius 1 is 1.53 bits per heavy atom. The zero-order chi connectivity index (χ0) is 13.7. The van der Waals surface area contributed by atoms with E-state index in [1.54, 1.807) is 11.8 Å². The Hall–Kier alpha value is -0.520. The fourth-order valence-electron chi connectivity index (χ4n) is 2.05. The minimum Gasteiger partial charge on any atom is -0.355 e. The molecule has 104 valence electrons. The normalized spacial score (nSPS) is 20.2. The molecule has 0 spiro atoms. The van der Waals surface area contributed by atoms with Gasteiger partial charge in [0.2, 0.25) is 5.91 Å². The Bertz CT molecular complexity index is 418. The van der Waals surface area contributed by atoms with Gasteiger partial charge in [-0.15, -0.1) is 11.8 Å². The number of nitrogens with one attached hydrogen (secondary N) is 2. The van der Waals surface area contributed by atoms with Crippen LogP contribution in [-0.4, -0.2) is 30.8 Å². The lowest BCUT2D eigenvalue weighted by molar-refractivity contribution is -0.124. The van der Waals surface area contributed by atoms with E-state index in [-0.39, 0.29) is 11.8 Å². The van der Waals surface area contributed by atoms with Crippen molar-refractivity contribution in [2.45, 2.75) is 23.5 Å². The molecule has 1 aliphatic rings. The van der Waals surface area contributed by atoms with Gasteiger partial charge >= 0.3 is 0 Å². The largest absolute Gasteiger partial charge is 0.355 e. The van der Waals surface area contributed by atoms with Gasteiger partial charge in [-0.05, 0) is 37.2 Å². The second kappa shape index (κ2) is 7.31. The minimum atomic E-state index is 0.157. The van der Waals surface area contributed by atoms with Gasteiger partial charge in [0.1, 0.15) is 0 Å². The van der Waals surface area contributed by atoms with Crippen molar-refractivity contribution < 1.29 is 4.79 Å². The molecule has 2 atom stereocenters. The topological polar surface area (TPSA) is 41.1 Å². The van der Waals surface area contributed by atoms with Crippen LogP contribution in [0.4, 0.5) is 0 Å². The zero-order valence-electron chi connectivity index (χ0n) is 11.0. The molecule has 5 heteroatoms. The maximum Gasteiger partial charge on any atom is 0.224 e. The second-order valence-corrected chi connectivity index (χ2v) is 7.24. The molecular weight excluding hydrogens is 324 g/mol. The fraction of sp³-hybridized carbons (Fsp3) is 0.500. The molecule has 1 amide bonds. The van der Waals surface area contributed by atoms with E-state index >= 15 is 0 Å². The first-order valence-electron chi connectivity index (χ1n) is 6.56. The van der Waals surface area contributed by atoms with Gasteiger partial charge in [-0.1, -0.05) is 22.9 Å². The molecule has 3 nitrogen and oxygen atoms in total. The number of carbonyl (C=O) groups is 1. The first-order chi connectivity index (χ1) is 9.15. The van der Waals surface area contributed by atoms with Crippen LogP contribution in [0.3, 0.4) is 0 Å². The molecule has 1 aliphatic heterocycles. The number of benzene rings is 1. The SMILES string of the molecule is C[C@H](CNC(=O)[C@@H]1CCNC1)Sc1ccc(Br)cc1. The maximum absolute atomic E-state index is 11.9. The smallest absolute Gasteiger partial charge is 0.224 e. The predicted molar refractivity (Wildman–Crippen MR) is 83.4 cm³/mol. The lowest BCUT2D eigenvalue weighted by Gasteiger charge is -2.14. The third-order valence-corrected chi connectivity index (χ3v) is 4.79. The molecule has 0 aliphatic carbocycles.